The second-order valence-corrected chi connectivity index (χ2v) is 11.6. The van der Waals surface area contributed by atoms with Crippen LogP contribution in [0.5, 0.6) is 11.5 Å². The molecule has 0 bridgehead atoms. The third kappa shape index (κ3) is 6.58. The van der Waals surface area contributed by atoms with Gasteiger partial charge >= 0.3 is 0 Å². The molecule has 0 heterocycles. The Balaban J connectivity index is 3.16. The van der Waals surface area contributed by atoms with Gasteiger partial charge in [-0.25, -0.2) is 0 Å². The molecule has 0 saturated heterocycles. The van der Waals surface area contributed by atoms with E-state index in [-0.39, 0.29) is 0 Å². The van der Waals surface area contributed by atoms with E-state index in [0.29, 0.717) is 13.2 Å². The highest BCUT2D eigenvalue weighted by atomic mass is 79.9. The summed E-state index contributed by atoms with van der Waals surface area (Å²) in [5.41, 5.74) is 4.31. The van der Waals surface area contributed by atoms with Crippen LogP contribution in [0.4, 0.5) is 0 Å². The Hall–Kier alpha value is -0.923. The molecule has 0 aromatic heterocycles. The highest BCUT2D eigenvalue weighted by Crippen LogP contribution is 2.33. The van der Waals surface area contributed by atoms with E-state index in [0.717, 1.165) is 34.4 Å². The topological polar surface area (TPSA) is 18.5 Å². The number of hydrogen-bond acceptors (Lipinski definition) is 2. The van der Waals surface area contributed by atoms with Gasteiger partial charge in [0.25, 0.3) is 0 Å². The van der Waals surface area contributed by atoms with Crippen molar-refractivity contribution < 1.29 is 9.47 Å². The summed E-state index contributed by atoms with van der Waals surface area (Å²) < 4.78 is 12.5. The van der Waals surface area contributed by atoms with Crippen molar-refractivity contribution in [2.75, 3.05) is 13.2 Å². The SMILES string of the molecule is CCCOc1cc(C#C[Si](C)(C)C)c(OCCC)cc1Br. The molecule has 116 valence electrons. The first-order valence-corrected chi connectivity index (χ1v) is 11.8. The van der Waals surface area contributed by atoms with Crippen molar-refractivity contribution in [2.24, 2.45) is 0 Å². The van der Waals surface area contributed by atoms with E-state index in [1.165, 1.54) is 0 Å². The first-order valence-electron chi connectivity index (χ1n) is 7.49. The molecule has 0 fully saturated rings. The molecule has 0 aliphatic rings. The van der Waals surface area contributed by atoms with Crippen LogP contribution in [0.3, 0.4) is 0 Å². The Morgan fingerprint density at radius 3 is 2.10 bits per heavy atom. The normalized spacial score (nSPS) is 10.8. The fraction of sp³-hybridized carbons (Fsp3) is 0.529. The summed E-state index contributed by atoms with van der Waals surface area (Å²) in [5, 5.41) is 0. The smallest absolute Gasteiger partial charge is 0.136 e. The van der Waals surface area contributed by atoms with Gasteiger partial charge in [-0.2, -0.15) is 0 Å². The first kappa shape index (κ1) is 18.1. The average molecular weight is 369 g/mol. The van der Waals surface area contributed by atoms with Crippen LogP contribution in [-0.2, 0) is 0 Å². The maximum absolute atomic E-state index is 5.82. The van der Waals surface area contributed by atoms with E-state index in [1.807, 2.05) is 12.1 Å². The minimum atomic E-state index is -1.42. The minimum absolute atomic E-state index is 0.698. The van der Waals surface area contributed by atoms with Gasteiger partial charge in [-0.1, -0.05) is 39.4 Å². The number of rotatable bonds is 6. The zero-order chi connectivity index (χ0) is 15.9. The Labute approximate surface area is 138 Å². The lowest BCUT2D eigenvalue weighted by atomic mass is 10.2. The van der Waals surface area contributed by atoms with E-state index in [1.54, 1.807) is 0 Å². The molecule has 0 unspecified atom stereocenters. The summed E-state index contributed by atoms with van der Waals surface area (Å²) in [6, 6.07) is 3.95. The number of halogens is 1. The van der Waals surface area contributed by atoms with E-state index in [9.17, 15) is 0 Å². The highest BCUT2D eigenvalue weighted by molar-refractivity contribution is 9.10. The van der Waals surface area contributed by atoms with Gasteiger partial charge < -0.3 is 9.47 Å². The fourth-order valence-electron chi connectivity index (χ4n) is 1.54. The number of benzene rings is 1. The van der Waals surface area contributed by atoms with Gasteiger partial charge in [-0.15, -0.1) is 5.54 Å². The maximum Gasteiger partial charge on any atom is 0.136 e. The Morgan fingerprint density at radius 2 is 1.57 bits per heavy atom. The summed E-state index contributed by atoms with van der Waals surface area (Å²) in [6.07, 6.45) is 1.96. The molecular formula is C17H25BrO2Si. The molecule has 0 spiro atoms. The van der Waals surface area contributed by atoms with Gasteiger partial charge in [-0.05, 0) is 34.8 Å². The van der Waals surface area contributed by atoms with Crippen LogP contribution >= 0.6 is 15.9 Å². The van der Waals surface area contributed by atoms with Crippen molar-refractivity contribution in [3.05, 3.63) is 22.2 Å². The standard InChI is InChI=1S/C17H25BrO2Si/c1-6-9-19-16-13-15(18)17(20-10-7-2)12-14(16)8-11-21(3,4)5/h12-13H,6-7,9-10H2,1-5H3. The lowest BCUT2D eigenvalue weighted by Gasteiger charge is -2.13. The zero-order valence-electron chi connectivity index (χ0n) is 13.7. The molecule has 0 radical (unpaired) electrons. The summed E-state index contributed by atoms with van der Waals surface area (Å²) in [5.74, 6) is 4.96. The predicted molar refractivity (Wildman–Crippen MR) is 95.9 cm³/mol. The van der Waals surface area contributed by atoms with Crippen LogP contribution in [0, 0.1) is 11.5 Å². The predicted octanol–water partition coefficient (Wildman–Crippen LogP) is 5.26. The van der Waals surface area contributed by atoms with Gasteiger partial charge in [0.1, 0.15) is 19.6 Å². The van der Waals surface area contributed by atoms with E-state index >= 15 is 0 Å². The van der Waals surface area contributed by atoms with Crippen molar-refractivity contribution in [3.8, 4) is 23.0 Å². The summed E-state index contributed by atoms with van der Waals surface area (Å²) in [7, 11) is -1.42. The Morgan fingerprint density at radius 1 is 1.00 bits per heavy atom. The van der Waals surface area contributed by atoms with Gasteiger partial charge in [0.05, 0.1) is 23.2 Å². The van der Waals surface area contributed by atoms with Crippen LogP contribution in [0.15, 0.2) is 16.6 Å². The molecule has 0 saturated carbocycles. The van der Waals surface area contributed by atoms with E-state index in [4.69, 9.17) is 9.47 Å². The third-order valence-electron chi connectivity index (χ3n) is 2.53. The van der Waals surface area contributed by atoms with Gasteiger partial charge in [-0.3, -0.25) is 0 Å². The average Bonchev–Trinajstić information content (AvgIpc) is 2.41. The second kappa shape index (κ2) is 8.50. The Bertz CT molecular complexity index is 524. The van der Waals surface area contributed by atoms with Gasteiger partial charge in [0.2, 0.25) is 0 Å². The van der Waals surface area contributed by atoms with Crippen LogP contribution in [0.25, 0.3) is 0 Å². The van der Waals surface area contributed by atoms with Crippen LogP contribution in [-0.4, -0.2) is 21.3 Å². The lowest BCUT2D eigenvalue weighted by Crippen LogP contribution is -2.16. The molecule has 0 N–H and O–H groups in total. The molecule has 0 amide bonds. The first-order chi connectivity index (χ1) is 9.87. The highest BCUT2D eigenvalue weighted by Gasteiger charge is 2.12. The van der Waals surface area contributed by atoms with Crippen LogP contribution < -0.4 is 9.47 Å². The number of hydrogen-bond donors (Lipinski definition) is 0. The molecule has 0 aliphatic heterocycles. The van der Waals surface area contributed by atoms with Crippen LogP contribution in [0.1, 0.15) is 32.3 Å². The fourth-order valence-corrected chi connectivity index (χ4v) is 2.49. The summed E-state index contributed by atoms with van der Waals surface area (Å²) in [4.78, 5) is 0. The monoisotopic (exact) mass is 368 g/mol. The van der Waals surface area contributed by atoms with Crippen molar-refractivity contribution in [2.45, 2.75) is 46.3 Å². The maximum atomic E-state index is 5.82. The molecule has 2 nitrogen and oxygen atoms in total. The van der Waals surface area contributed by atoms with Gasteiger partial charge in [0.15, 0.2) is 0 Å². The third-order valence-corrected chi connectivity index (χ3v) is 4.02. The van der Waals surface area contributed by atoms with Crippen molar-refractivity contribution in [1.29, 1.82) is 0 Å². The van der Waals surface area contributed by atoms with Crippen molar-refractivity contribution in [3.63, 3.8) is 0 Å². The van der Waals surface area contributed by atoms with Crippen molar-refractivity contribution >= 4 is 24.0 Å². The largest absolute Gasteiger partial charge is 0.492 e. The Kier molecular flexibility index (Phi) is 7.34. The zero-order valence-corrected chi connectivity index (χ0v) is 16.3. The number of ether oxygens (including phenoxy) is 2. The molecule has 0 atom stereocenters. The molecule has 1 aromatic rings. The quantitative estimate of drug-likeness (QED) is 0.503. The van der Waals surface area contributed by atoms with Gasteiger partial charge in [0, 0.05) is 6.07 Å². The molecule has 1 rings (SSSR count). The molecule has 21 heavy (non-hydrogen) atoms. The second-order valence-electron chi connectivity index (χ2n) is 5.98. The molecular weight excluding hydrogens is 344 g/mol. The van der Waals surface area contributed by atoms with Crippen LogP contribution in [0.2, 0.25) is 19.6 Å². The molecule has 4 heteroatoms. The van der Waals surface area contributed by atoms with E-state index < -0.39 is 8.07 Å². The molecule has 1 aromatic carbocycles. The summed E-state index contributed by atoms with van der Waals surface area (Å²) in [6.45, 7) is 12.3. The minimum Gasteiger partial charge on any atom is -0.492 e. The van der Waals surface area contributed by atoms with Crippen molar-refractivity contribution in [1.82, 2.24) is 0 Å². The molecule has 0 aliphatic carbocycles. The lowest BCUT2D eigenvalue weighted by molar-refractivity contribution is 0.306. The van der Waals surface area contributed by atoms with E-state index in [2.05, 4.69) is 60.9 Å². The summed E-state index contributed by atoms with van der Waals surface area (Å²) >= 11 is 3.55.